The van der Waals surface area contributed by atoms with E-state index in [1.165, 1.54) is 17.8 Å². The van der Waals surface area contributed by atoms with Gasteiger partial charge in [0.25, 0.3) is 5.91 Å². The van der Waals surface area contributed by atoms with Crippen LogP contribution in [0.15, 0.2) is 64.9 Å². The molecule has 1 amide bonds. The molecule has 0 aliphatic carbocycles. The average molecular weight is 326 g/mol. The van der Waals surface area contributed by atoms with E-state index in [4.69, 9.17) is 5.26 Å². The van der Waals surface area contributed by atoms with Gasteiger partial charge in [0, 0.05) is 16.3 Å². The molecular formula is C19H22N2OS. The zero-order valence-electron chi connectivity index (χ0n) is 13.6. The van der Waals surface area contributed by atoms with Crippen molar-refractivity contribution in [2.45, 2.75) is 25.2 Å². The van der Waals surface area contributed by atoms with Gasteiger partial charge < -0.3 is 5.32 Å². The Kier molecular flexibility index (Phi) is 7.93. The summed E-state index contributed by atoms with van der Waals surface area (Å²) < 4.78 is 0. The number of benzene rings is 1. The molecule has 4 heteroatoms. The second kappa shape index (κ2) is 9.70. The van der Waals surface area contributed by atoms with Crippen molar-refractivity contribution < 1.29 is 4.79 Å². The van der Waals surface area contributed by atoms with Gasteiger partial charge in [-0.15, -0.1) is 0 Å². The molecule has 1 rings (SSSR count). The Hall–Kier alpha value is -2.25. The Morgan fingerprint density at radius 3 is 2.61 bits per heavy atom. The predicted molar refractivity (Wildman–Crippen MR) is 97.1 cm³/mol. The van der Waals surface area contributed by atoms with E-state index < -0.39 is 0 Å². The van der Waals surface area contributed by atoms with Crippen LogP contribution in [0.4, 0.5) is 0 Å². The lowest BCUT2D eigenvalue weighted by Gasteiger charge is -2.11. The maximum Gasteiger partial charge on any atom is 0.252 e. The number of amides is 1. The third-order valence-electron chi connectivity index (χ3n) is 3.13. The van der Waals surface area contributed by atoms with Gasteiger partial charge in [0.1, 0.15) is 6.07 Å². The van der Waals surface area contributed by atoms with Gasteiger partial charge in [-0.3, -0.25) is 4.79 Å². The number of allylic oxidation sites excluding steroid dienone is 3. The predicted octanol–water partition coefficient (Wildman–Crippen LogP) is 4.70. The van der Waals surface area contributed by atoms with E-state index in [2.05, 4.69) is 38.4 Å². The van der Waals surface area contributed by atoms with Crippen molar-refractivity contribution in [2.75, 3.05) is 6.54 Å². The maximum absolute atomic E-state index is 12.4. The first kappa shape index (κ1) is 18.8. The lowest BCUT2D eigenvalue weighted by molar-refractivity contribution is 0.0949. The van der Waals surface area contributed by atoms with E-state index in [1.807, 2.05) is 18.2 Å². The van der Waals surface area contributed by atoms with Crippen LogP contribution in [0.3, 0.4) is 0 Å². The average Bonchev–Trinajstić information content (AvgIpc) is 2.54. The molecular weight excluding hydrogens is 304 g/mol. The Morgan fingerprint density at radius 1 is 1.35 bits per heavy atom. The third-order valence-corrected chi connectivity index (χ3v) is 4.32. The zero-order chi connectivity index (χ0) is 17.2. The molecule has 0 atom stereocenters. The molecule has 0 aliphatic heterocycles. The molecule has 1 N–H and O–H groups in total. The van der Waals surface area contributed by atoms with Crippen LogP contribution in [0, 0.1) is 17.2 Å². The van der Waals surface area contributed by atoms with Gasteiger partial charge in [0.2, 0.25) is 0 Å². The number of hydrogen-bond donors (Lipinski definition) is 1. The van der Waals surface area contributed by atoms with Crippen LogP contribution < -0.4 is 5.32 Å². The fourth-order valence-electron chi connectivity index (χ4n) is 1.84. The van der Waals surface area contributed by atoms with Gasteiger partial charge in [-0.1, -0.05) is 63.1 Å². The summed E-state index contributed by atoms with van der Waals surface area (Å²) in [5.41, 5.74) is 1.04. The van der Waals surface area contributed by atoms with Crippen molar-refractivity contribution in [1.82, 2.24) is 5.32 Å². The molecule has 0 unspecified atom stereocenters. The second-order valence-electron chi connectivity index (χ2n) is 5.33. The smallest absolute Gasteiger partial charge is 0.252 e. The van der Waals surface area contributed by atoms with Crippen molar-refractivity contribution in [3.63, 3.8) is 0 Å². The van der Waals surface area contributed by atoms with E-state index in [-0.39, 0.29) is 5.91 Å². The standard InChI is InChI=1S/C19H22N2OS/c1-5-15(13-20)17(6-2)23-18-10-8-7-9-16(18)19(22)21-12-11-14(3)4/h5-10,14H,1-2,11-12H2,3-4H3,(H,21,22)/b17-15-. The maximum atomic E-state index is 12.4. The number of nitriles is 1. The van der Waals surface area contributed by atoms with Crippen LogP contribution in [0.2, 0.25) is 0 Å². The Balaban J connectivity index is 3.00. The Bertz CT molecular complexity index is 654. The van der Waals surface area contributed by atoms with E-state index in [9.17, 15) is 4.79 Å². The first-order valence-electron chi connectivity index (χ1n) is 7.47. The monoisotopic (exact) mass is 326 g/mol. The van der Waals surface area contributed by atoms with Gasteiger partial charge in [0.15, 0.2) is 0 Å². The van der Waals surface area contributed by atoms with Crippen molar-refractivity contribution in [3.8, 4) is 6.07 Å². The lowest BCUT2D eigenvalue weighted by atomic mass is 10.1. The summed E-state index contributed by atoms with van der Waals surface area (Å²) in [5, 5.41) is 12.1. The molecule has 0 fully saturated rings. The molecule has 0 heterocycles. The second-order valence-corrected chi connectivity index (χ2v) is 6.42. The van der Waals surface area contributed by atoms with Crippen LogP contribution in [0.1, 0.15) is 30.6 Å². The fraction of sp³-hybridized carbons (Fsp3) is 0.263. The molecule has 1 aromatic carbocycles. The molecule has 0 saturated carbocycles. The highest BCUT2D eigenvalue weighted by Gasteiger charge is 2.13. The molecule has 0 aromatic heterocycles. The normalized spacial score (nSPS) is 11.4. The highest BCUT2D eigenvalue weighted by Crippen LogP contribution is 2.32. The van der Waals surface area contributed by atoms with Crippen LogP contribution in [-0.2, 0) is 0 Å². The molecule has 1 aromatic rings. The number of nitrogens with one attached hydrogen (secondary N) is 1. The van der Waals surface area contributed by atoms with Crippen LogP contribution in [0.5, 0.6) is 0 Å². The van der Waals surface area contributed by atoms with E-state index >= 15 is 0 Å². The molecule has 0 radical (unpaired) electrons. The summed E-state index contributed by atoms with van der Waals surface area (Å²) in [5.74, 6) is 0.440. The highest BCUT2D eigenvalue weighted by atomic mass is 32.2. The van der Waals surface area contributed by atoms with Crippen molar-refractivity contribution in [2.24, 2.45) is 5.92 Å². The number of rotatable bonds is 8. The summed E-state index contributed by atoms with van der Waals surface area (Å²) in [7, 11) is 0. The SMILES string of the molecule is C=C/C(C#N)=C(\C=C)Sc1ccccc1C(=O)NCCC(C)C. The van der Waals surface area contributed by atoms with Gasteiger partial charge >= 0.3 is 0 Å². The van der Waals surface area contributed by atoms with Crippen molar-refractivity contribution >= 4 is 17.7 Å². The minimum Gasteiger partial charge on any atom is -0.352 e. The number of carbonyl (C=O) groups is 1. The zero-order valence-corrected chi connectivity index (χ0v) is 14.5. The summed E-state index contributed by atoms with van der Waals surface area (Å²) in [6, 6.07) is 9.44. The first-order chi connectivity index (χ1) is 11.0. The fourth-order valence-corrected chi connectivity index (χ4v) is 2.82. The molecule has 0 aliphatic rings. The van der Waals surface area contributed by atoms with Crippen LogP contribution in [0.25, 0.3) is 0 Å². The molecule has 23 heavy (non-hydrogen) atoms. The van der Waals surface area contributed by atoms with Crippen LogP contribution >= 0.6 is 11.8 Å². The van der Waals surface area contributed by atoms with Crippen LogP contribution in [-0.4, -0.2) is 12.5 Å². The van der Waals surface area contributed by atoms with Gasteiger partial charge in [-0.25, -0.2) is 0 Å². The summed E-state index contributed by atoms with van der Waals surface area (Å²) >= 11 is 1.35. The van der Waals surface area contributed by atoms with Crippen molar-refractivity contribution in [3.05, 3.63) is 65.6 Å². The van der Waals surface area contributed by atoms with Gasteiger partial charge in [-0.05, 0) is 24.5 Å². The third kappa shape index (κ3) is 5.80. The number of carbonyl (C=O) groups excluding carboxylic acids is 1. The summed E-state index contributed by atoms with van der Waals surface area (Å²) in [6.07, 6.45) is 4.04. The molecule has 120 valence electrons. The summed E-state index contributed by atoms with van der Waals surface area (Å²) in [6.45, 7) is 12.3. The summed E-state index contributed by atoms with van der Waals surface area (Å²) in [4.78, 5) is 13.9. The lowest BCUT2D eigenvalue weighted by Crippen LogP contribution is -2.25. The van der Waals surface area contributed by atoms with Crippen molar-refractivity contribution in [1.29, 1.82) is 5.26 Å². The number of hydrogen-bond acceptors (Lipinski definition) is 3. The number of thioether (sulfide) groups is 1. The molecule has 0 saturated heterocycles. The minimum atomic E-state index is -0.103. The first-order valence-corrected chi connectivity index (χ1v) is 8.29. The van der Waals surface area contributed by atoms with E-state index in [1.54, 1.807) is 12.1 Å². The quantitative estimate of drug-likeness (QED) is 0.428. The molecule has 0 spiro atoms. The van der Waals surface area contributed by atoms with Gasteiger partial charge in [-0.2, -0.15) is 5.26 Å². The molecule has 0 bridgehead atoms. The van der Waals surface area contributed by atoms with E-state index in [0.29, 0.717) is 28.5 Å². The number of nitrogens with zero attached hydrogens (tertiary/aromatic N) is 1. The topological polar surface area (TPSA) is 52.9 Å². The Labute approximate surface area is 142 Å². The minimum absolute atomic E-state index is 0.103. The van der Waals surface area contributed by atoms with Gasteiger partial charge in [0.05, 0.1) is 11.1 Å². The largest absolute Gasteiger partial charge is 0.352 e. The Morgan fingerprint density at radius 2 is 2.04 bits per heavy atom. The van der Waals surface area contributed by atoms with E-state index in [0.717, 1.165) is 11.3 Å². The molecule has 3 nitrogen and oxygen atoms in total. The highest BCUT2D eigenvalue weighted by molar-refractivity contribution is 8.03.